The zero-order valence-electron chi connectivity index (χ0n) is 7.64. The van der Waals surface area contributed by atoms with Gasteiger partial charge in [0.05, 0.1) is 13.0 Å². The maximum atomic E-state index is 10.8. The van der Waals surface area contributed by atoms with E-state index in [0.29, 0.717) is 13.0 Å². The molecule has 0 fully saturated rings. The van der Waals surface area contributed by atoms with Gasteiger partial charge in [-0.2, -0.15) is 0 Å². The predicted octanol–water partition coefficient (Wildman–Crippen LogP) is 2.94. The fraction of sp³-hybridized carbons (Fsp3) is 0.889. The summed E-state index contributed by atoms with van der Waals surface area (Å²) < 4.78 is 5.84. The molecule has 0 amide bonds. The minimum Gasteiger partial charge on any atom is -0.466 e. The van der Waals surface area contributed by atoms with Crippen LogP contribution in [0.1, 0.15) is 39.0 Å². The van der Waals surface area contributed by atoms with Crippen LogP contribution < -0.4 is 0 Å². The average molecular weight is 284 g/mol. The third-order valence-corrected chi connectivity index (χ3v) is 2.10. The molecule has 0 aromatic heterocycles. The smallest absolute Gasteiger partial charge is 0.306 e. The van der Waals surface area contributed by atoms with Gasteiger partial charge in [-0.3, -0.25) is 4.79 Å². The number of ether oxygens (including phenoxy) is 1. The quantitative estimate of drug-likeness (QED) is 0.311. The van der Waals surface area contributed by atoms with Crippen molar-refractivity contribution >= 4 is 28.6 Å². The summed E-state index contributed by atoms with van der Waals surface area (Å²) in [6.45, 7) is 2.78. The first-order chi connectivity index (χ1) is 5.81. The van der Waals surface area contributed by atoms with E-state index >= 15 is 0 Å². The Bertz CT molecular complexity index is 115. The van der Waals surface area contributed by atoms with Gasteiger partial charge >= 0.3 is 5.97 Å². The van der Waals surface area contributed by atoms with Crippen LogP contribution in [0.15, 0.2) is 0 Å². The Hall–Kier alpha value is 0.200. The van der Waals surface area contributed by atoms with Crippen molar-refractivity contribution in [3.8, 4) is 0 Å². The highest BCUT2D eigenvalue weighted by molar-refractivity contribution is 14.1. The first kappa shape index (κ1) is 12.2. The minimum absolute atomic E-state index is 0.0547. The molecule has 0 bridgehead atoms. The van der Waals surface area contributed by atoms with E-state index in [1.54, 1.807) is 0 Å². The largest absolute Gasteiger partial charge is 0.466 e. The van der Waals surface area contributed by atoms with Gasteiger partial charge in [0.1, 0.15) is 0 Å². The molecule has 2 nitrogen and oxygen atoms in total. The predicted molar refractivity (Wildman–Crippen MR) is 58.6 cm³/mol. The summed E-state index contributed by atoms with van der Waals surface area (Å²) in [6, 6.07) is 0. The lowest BCUT2D eigenvalue weighted by atomic mass is 10.2. The summed E-state index contributed by atoms with van der Waals surface area (Å²) in [5.74, 6) is -0.0547. The van der Waals surface area contributed by atoms with Crippen molar-refractivity contribution in [3.63, 3.8) is 0 Å². The Kier molecular flexibility index (Phi) is 9.44. The van der Waals surface area contributed by atoms with E-state index in [4.69, 9.17) is 4.74 Å². The van der Waals surface area contributed by atoms with Crippen molar-refractivity contribution < 1.29 is 9.53 Å². The fourth-order valence-corrected chi connectivity index (χ4v) is 1.30. The van der Waals surface area contributed by atoms with Gasteiger partial charge < -0.3 is 4.74 Å². The average Bonchev–Trinajstić information content (AvgIpc) is 2.05. The third kappa shape index (κ3) is 8.30. The number of rotatable bonds is 7. The number of hydrogen-bond donors (Lipinski definition) is 0. The van der Waals surface area contributed by atoms with Crippen LogP contribution in [0.3, 0.4) is 0 Å². The van der Waals surface area contributed by atoms with Crippen molar-refractivity contribution in [2.24, 2.45) is 0 Å². The molecule has 0 unspecified atom stereocenters. The Morgan fingerprint density at radius 1 is 1.33 bits per heavy atom. The minimum atomic E-state index is -0.0547. The number of carbonyl (C=O) groups excluding carboxylic acids is 1. The van der Waals surface area contributed by atoms with E-state index < -0.39 is 0 Å². The molecule has 3 heteroatoms. The molecule has 0 saturated heterocycles. The fourth-order valence-electron chi connectivity index (χ4n) is 0.864. The maximum absolute atomic E-state index is 10.8. The van der Waals surface area contributed by atoms with Crippen LogP contribution in [-0.4, -0.2) is 17.0 Å². The molecule has 0 rings (SSSR count). The summed E-state index contributed by atoms with van der Waals surface area (Å²) in [6.07, 6.45) is 5.20. The second-order valence-corrected chi connectivity index (χ2v) is 3.80. The number of hydrogen-bond acceptors (Lipinski definition) is 2. The topological polar surface area (TPSA) is 26.3 Å². The van der Waals surface area contributed by atoms with Crippen molar-refractivity contribution in [2.45, 2.75) is 39.0 Å². The molecule has 0 aliphatic heterocycles. The lowest BCUT2D eigenvalue weighted by molar-refractivity contribution is -0.143. The maximum Gasteiger partial charge on any atom is 0.306 e. The van der Waals surface area contributed by atoms with Crippen LogP contribution in [0, 0.1) is 0 Å². The molecule has 0 spiro atoms. The highest BCUT2D eigenvalue weighted by Crippen LogP contribution is 2.00. The van der Waals surface area contributed by atoms with E-state index in [9.17, 15) is 4.79 Å². The van der Waals surface area contributed by atoms with Crippen LogP contribution in [0.4, 0.5) is 0 Å². The van der Waals surface area contributed by atoms with Crippen LogP contribution in [0.5, 0.6) is 0 Å². The first-order valence-corrected chi connectivity index (χ1v) is 6.05. The molecule has 0 atom stereocenters. The third-order valence-electron chi connectivity index (χ3n) is 1.56. The Balaban J connectivity index is 3.03. The monoisotopic (exact) mass is 284 g/mol. The summed E-state index contributed by atoms with van der Waals surface area (Å²) in [5, 5.41) is 0. The Morgan fingerprint density at radius 3 is 2.67 bits per heavy atom. The summed E-state index contributed by atoms with van der Waals surface area (Å²) in [7, 11) is 0. The summed E-state index contributed by atoms with van der Waals surface area (Å²) >= 11 is 2.18. The molecule has 0 N–H and O–H groups in total. The van der Waals surface area contributed by atoms with Gasteiger partial charge in [-0.25, -0.2) is 0 Å². The molecule has 0 radical (unpaired) electrons. The Labute approximate surface area is 88.2 Å². The number of carbonyl (C=O) groups is 1. The van der Waals surface area contributed by atoms with E-state index in [0.717, 1.165) is 10.8 Å². The molecule has 0 heterocycles. The van der Waals surface area contributed by atoms with Crippen molar-refractivity contribution in [2.75, 3.05) is 11.0 Å². The molecule has 12 heavy (non-hydrogen) atoms. The van der Waals surface area contributed by atoms with Crippen molar-refractivity contribution in [3.05, 3.63) is 0 Å². The van der Waals surface area contributed by atoms with Crippen molar-refractivity contribution in [1.29, 1.82) is 0 Å². The van der Waals surface area contributed by atoms with Crippen LogP contribution >= 0.6 is 22.6 Å². The van der Waals surface area contributed by atoms with E-state index in [-0.39, 0.29) is 5.97 Å². The SMILES string of the molecule is CCCCCCOC(=O)CCI. The lowest BCUT2D eigenvalue weighted by Gasteiger charge is -2.02. The van der Waals surface area contributed by atoms with Gasteiger partial charge in [-0.05, 0) is 6.42 Å². The zero-order valence-corrected chi connectivity index (χ0v) is 9.80. The summed E-state index contributed by atoms with van der Waals surface area (Å²) in [4.78, 5) is 10.8. The highest BCUT2D eigenvalue weighted by atomic mass is 127. The number of alkyl halides is 1. The lowest BCUT2D eigenvalue weighted by Crippen LogP contribution is -2.05. The van der Waals surface area contributed by atoms with Crippen LogP contribution in [0.2, 0.25) is 0 Å². The van der Waals surface area contributed by atoms with Gasteiger partial charge in [0.15, 0.2) is 0 Å². The number of unbranched alkanes of at least 4 members (excludes halogenated alkanes) is 3. The van der Waals surface area contributed by atoms with E-state index in [1.165, 1.54) is 19.3 Å². The standard InChI is InChI=1S/C9H17IO2/c1-2-3-4-5-8-12-9(11)6-7-10/h2-8H2,1H3. The number of halogens is 1. The Morgan fingerprint density at radius 2 is 2.08 bits per heavy atom. The zero-order chi connectivity index (χ0) is 9.23. The first-order valence-electron chi connectivity index (χ1n) is 4.52. The van der Waals surface area contributed by atoms with Gasteiger partial charge in [0.2, 0.25) is 0 Å². The van der Waals surface area contributed by atoms with Gasteiger partial charge in [-0.15, -0.1) is 0 Å². The van der Waals surface area contributed by atoms with Gasteiger partial charge in [-0.1, -0.05) is 48.8 Å². The molecule has 72 valence electrons. The number of esters is 1. The summed E-state index contributed by atoms with van der Waals surface area (Å²) in [5.41, 5.74) is 0. The molecular formula is C9H17IO2. The normalized spacial score (nSPS) is 9.83. The van der Waals surface area contributed by atoms with Gasteiger partial charge in [0.25, 0.3) is 0 Å². The van der Waals surface area contributed by atoms with Crippen molar-refractivity contribution in [1.82, 2.24) is 0 Å². The van der Waals surface area contributed by atoms with E-state index in [2.05, 4.69) is 29.5 Å². The molecule has 0 saturated carbocycles. The van der Waals surface area contributed by atoms with Crippen LogP contribution in [-0.2, 0) is 9.53 Å². The second kappa shape index (κ2) is 9.29. The molecule has 0 aromatic rings. The highest BCUT2D eigenvalue weighted by Gasteiger charge is 1.99. The van der Waals surface area contributed by atoms with E-state index in [1.807, 2.05) is 0 Å². The molecular weight excluding hydrogens is 267 g/mol. The van der Waals surface area contributed by atoms with Gasteiger partial charge in [0, 0.05) is 4.43 Å². The van der Waals surface area contributed by atoms with Crippen LogP contribution in [0.25, 0.3) is 0 Å². The molecule has 0 aliphatic carbocycles. The molecule has 0 aliphatic rings. The second-order valence-electron chi connectivity index (χ2n) is 2.72. The molecule has 0 aromatic carbocycles.